The van der Waals surface area contributed by atoms with Gasteiger partial charge in [-0.05, 0) is 53.7 Å². The molecule has 3 atom stereocenters. The van der Waals surface area contributed by atoms with Crippen LogP contribution in [0.5, 0.6) is 0 Å². The first-order valence-electron chi connectivity index (χ1n) is 12.8. The van der Waals surface area contributed by atoms with E-state index in [1.54, 1.807) is 6.20 Å². The van der Waals surface area contributed by atoms with E-state index in [9.17, 15) is 24.3 Å². The van der Waals surface area contributed by atoms with Crippen molar-refractivity contribution in [2.45, 2.75) is 63.4 Å². The topological polar surface area (TPSA) is 160 Å². The molecule has 0 bridgehead atoms. The van der Waals surface area contributed by atoms with E-state index < -0.39 is 41.5 Å². The summed E-state index contributed by atoms with van der Waals surface area (Å²) in [5, 5.41) is 19.8. The van der Waals surface area contributed by atoms with E-state index in [1.165, 1.54) is 4.90 Å². The normalized spacial score (nSPS) is 23.4. The molecule has 1 saturated heterocycles. The van der Waals surface area contributed by atoms with Gasteiger partial charge in [-0.1, -0.05) is 29.8 Å². The third kappa shape index (κ3) is 5.54. The van der Waals surface area contributed by atoms with Crippen LogP contribution in [-0.4, -0.2) is 68.3 Å². The van der Waals surface area contributed by atoms with E-state index in [1.807, 2.05) is 30.3 Å². The maximum atomic E-state index is 13.3. The van der Waals surface area contributed by atoms with Gasteiger partial charge in [-0.25, -0.2) is 4.79 Å². The Morgan fingerprint density at radius 1 is 1.21 bits per heavy atom. The number of halogens is 1. The molecule has 0 spiro atoms. The van der Waals surface area contributed by atoms with Crippen molar-refractivity contribution in [2.24, 2.45) is 10.6 Å². The standard InChI is InChI=1S/C26H28BrN5O7/c27-20-11-17(39-31-20)13-29-22(33)19-6-7-21(30-23(34)26(24(35)36)8-3-9-26)32(19)25(37)38-14-15-10-16-4-1-2-5-18(16)28-12-15/h1-2,4-5,10,12,17,19,21H,3,6-9,11,13-14H2,(H,29,33)(H,30,34)(H,35,36)/t17-,19-,21?/m0/s1. The number of amides is 3. The zero-order chi connectivity index (χ0) is 27.6. The monoisotopic (exact) mass is 601 g/mol. The highest BCUT2D eigenvalue weighted by Crippen LogP contribution is 2.42. The second-order valence-corrected chi connectivity index (χ2v) is 10.9. The number of carboxylic acids is 1. The largest absolute Gasteiger partial charge is 0.480 e. The summed E-state index contributed by atoms with van der Waals surface area (Å²) in [7, 11) is 0. The Morgan fingerprint density at radius 3 is 2.69 bits per heavy atom. The van der Waals surface area contributed by atoms with Crippen LogP contribution in [-0.2, 0) is 30.6 Å². The number of aromatic nitrogens is 1. The van der Waals surface area contributed by atoms with Crippen LogP contribution in [0.4, 0.5) is 4.79 Å². The molecule has 1 aromatic heterocycles. The molecule has 2 aromatic rings. The van der Waals surface area contributed by atoms with Crippen molar-refractivity contribution in [3.05, 3.63) is 42.1 Å². The molecular weight excluding hydrogens is 574 g/mol. The van der Waals surface area contributed by atoms with Crippen molar-refractivity contribution in [1.82, 2.24) is 20.5 Å². The van der Waals surface area contributed by atoms with E-state index in [0.717, 1.165) is 10.9 Å². The Kier molecular flexibility index (Phi) is 7.69. The lowest BCUT2D eigenvalue weighted by molar-refractivity contribution is -0.162. The summed E-state index contributed by atoms with van der Waals surface area (Å²) in [6.45, 7) is 0.0846. The summed E-state index contributed by atoms with van der Waals surface area (Å²) in [6.07, 6.45) is 1.69. The number of para-hydroxylation sites is 1. The Hall–Kier alpha value is -3.74. The molecule has 12 nitrogen and oxygen atoms in total. The SMILES string of the molecule is O=C(NC[C@@H]1CC(Br)=NO1)[C@@H]1CCC(NC(=O)C2(C(=O)O)CCC2)N1C(=O)OCc1cnc2ccccc2c1. The van der Waals surface area contributed by atoms with Crippen LogP contribution in [0.25, 0.3) is 10.9 Å². The van der Waals surface area contributed by atoms with Gasteiger partial charge in [-0.2, -0.15) is 0 Å². The van der Waals surface area contributed by atoms with Crippen LogP contribution in [0.1, 0.15) is 44.1 Å². The molecule has 39 heavy (non-hydrogen) atoms. The maximum absolute atomic E-state index is 13.3. The molecule has 1 aromatic carbocycles. The van der Waals surface area contributed by atoms with Gasteiger partial charge < -0.3 is 25.3 Å². The summed E-state index contributed by atoms with van der Waals surface area (Å²) in [4.78, 5) is 62.1. The number of carbonyl (C=O) groups is 4. The average Bonchev–Trinajstić information content (AvgIpc) is 3.50. The first-order valence-corrected chi connectivity index (χ1v) is 13.6. The van der Waals surface area contributed by atoms with Crippen LogP contribution >= 0.6 is 15.9 Å². The van der Waals surface area contributed by atoms with E-state index >= 15 is 0 Å². The number of hydrogen-bond donors (Lipinski definition) is 3. The number of nitrogens with zero attached hydrogens (tertiary/aromatic N) is 3. The third-order valence-corrected chi connectivity index (χ3v) is 7.93. The number of likely N-dealkylation sites (tertiary alicyclic amines) is 1. The van der Waals surface area contributed by atoms with Crippen LogP contribution in [0.3, 0.4) is 0 Å². The predicted molar refractivity (Wildman–Crippen MR) is 142 cm³/mol. The molecule has 2 aliphatic heterocycles. The van der Waals surface area contributed by atoms with Crippen molar-refractivity contribution in [3.63, 3.8) is 0 Å². The number of benzene rings is 1. The number of ether oxygens (including phenoxy) is 1. The first-order chi connectivity index (χ1) is 18.8. The maximum Gasteiger partial charge on any atom is 0.412 e. The van der Waals surface area contributed by atoms with Crippen LogP contribution < -0.4 is 10.6 Å². The van der Waals surface area contributed by atoms with Gasteiger partial charge in [-0.15, -0.1) is 0 Å². The fourth-order valence-electron chi connectivity index (χ4n) is 5.07. The Morgan fingerprint density at radius 2 is 2.00 bits per heavy atom. The summed E-state index contributed by atoms with van der Waals surface area (Å²) in [5.74, 6) is -2.29. The smallest absolute Gasteiger partial charge is 0.412 e. The van der Waals surface area contributed by atoms with Gasteiger partial charge in [0.15, 0.2) is 6.10 Å². The fourth-order valence-corrected chi connectivity index (χ4v) is 5.52. The van der Waals surface area contributed by atoms with E-state index in [-0.39, 0.29) is 44.9 Å². The van der Waals surface area contributed by atoms with E-state index in [4.69, 9.17) is 9.57 Å². The van der Waals surface area contributed by atoms with Crippen molar-refractivity contribution in [1.29, 1.82) is 0 Å². The Bertz CT molecular complexity index is 1330. The van der Waals surface area contributed by atoms with Crippen molar-refractivity contribution < 1.29 is 33.9 Å². The molecule has 0 radical (unpaired) electrons. The molecule has 13 heteroatoms. The molecule has 3 heterocycles. The molecule has 3 amide bonds. The summed E-state index contributed by atoms with van der Waals surface area (Å²) in [5.41, 5.74) is -0.0513. The van der Waals surface area contributed by atoms with Gasteiger partial charge in [0.05, 0.1) is 12.1 Å². The molecule has 1 aliphatic carbocycles. The van der Waals surface area contributed by atoms with Gasteiger partial charge in [0, 0.05) is 23.6 Å². The zero-order valence-electron chi connectivity index (χ0n) is 21.0. The second kappa shape index (κ2) is 11.2. The summed E-state index contributed by atoms with van der Waals surface area (Å²) < 4.78 is 6.21. The molecule has 5 rings (SSSR count). The molecule has 1 unspecified atom stereocenters. The minimum atomic E-state index is -1.51. The Balaban J connectivity index is 1.29. The van der Waals surface area contributed by atoms with Gasteiger partial charge >= 0.3 is 12.1 Å². The number of nitrogens with one attached hydrogen (secondary N) is 2. The van der Waals surface area contributed by atoms with Crippen LogP contribution in [0.2, 0.25) is 0 Å². The number of pyridine rings is 1. The van der Waals surface area contributed by atoms with Crippen molar-refractivity contribution in [2.75, 3.05) is 6.54 Å². The van der Waals surface area contributed by atoms with Gasteiger partial charge in [-0.3, -0.25) is 24.3 Å². The van der Waals surface area contributed by atoms with Gasteiger partial charge in [0.25, 0.3) is 0 Å². The van der Waals surface area contributed by atoms with Gasteiger partial charge in [0.1, 0.15) is 28.9 Å². The van der Waals surface area contributed by atoms with Crippen molar-refractivity contribution in [3.8, 4) is 0 Å². The Labute approximate surface area is 232 Å². The molecule has 3 N–H and O–H groups in total. The van der Waals surface area contributed by atoms with Crippen molar-refractivity contribution >= 4 is 55.3 Å². The summed E-state index contributed by atoms with van der Waals surface area (Å²) in [6, 6.07) is 8.47. The van der Waals surface area contributed by atoms with E-state index in [0.29, 0.717) is 23.0 Å². The highest BCUT2D eigenvalue weighted by Gasteiger charge is 2.53. The molecule has 2 fully saturated rings. The molecular formula is C26H28BrN5O7. The first kappa shape index (κ1) is 26.9. The number of rotatable bonds is 8. The minimum Gasteiger partial charge on any atom is -0.480 e. The minimum absolute atomic E-state index is 0.0947. The molecule has 1 saturated carbocycles. The third-order valence-electron chi connectivity index (χ3n) is 7.46. The fraction of sp³-hybridized carbons (Fsp3) is 0.462. The number of carbonyl (C=O) groups excluding carboxylic acids is 3. The lowest BCUT2D eigenvalue weighted by atomic mass is 9.68. The second-order valence-electron chi connectivity index (χ2n) is 9.97. The number of aliphatic carboxylic acids is 1. The quantitative estimate of drug-likeness (QED) is 0.389. The van der Waals surface area contributed by atoms with Crippen LogP contribution in [0, 0.1) is 5.41 Å². The lowest BCUT2D eigenvalue weighted by Gasteiger charge is -2.38. The number of hydrogen-bond acceptors (Lipinski definition) is 8. The highest BCUT2D eigenvalue weighted by atomic mass is 79.9. The van der Waals surface area contributed by atoms with Gasteiger partial charge in [0.2, 0.25) is 11.8 Å². The zero-order valence-corrected chi connectivity index (χ0v) is 22.6. The van der Waals surface area contributed by atoms with Crippen LogP contribution in [0.15, 0.2) is 41.7 Å². The highest BCUT2D eigenvalue weighted by molar-refractivity contribution is 9.18. The number of carboxylic acid groups (broad SMARTS) is 1. The lowest BCUT2D eigenvalue weighted by Crippen LogP contribution is -2.59. The predicted octanol–water partition coefficient (Wildman–Crippen LogP) is 2.65. The number of oxime groups is 1. The molecule has 206 valence electrons. The molecule has 3 aliphatic rings. The summed E-state index contributed by atoms with van der Waals surface area (Å²) >= 11 is 3.25. The van der Waals surface area contributed by atoms with E-state index in [2.05, 4.69) is 36.7 Å². The number of fused-ring (bicyclic) bond motifs is 1. The average molecular weight is 602 g/mol.